The Morgan fingerprint density at radius 3 is 3.06 bits per heavy atom. The molecule has 4 heteroatoms. The van der Waals surface area contributed by atoms with E-state index in [9.17, 15) is 9.18 Å². The Hall–Kier alpha value is -1.42. The smallest absolute Gasteiger partial charge is 0.231 e. The Bertz CT molecular complexity index is 419. The van der Waals surface area contributed by atoms with Gasteiger partial charge in [0.2, 0.25) is 5.91 Å². The lowest BCUT2D eigenvalue weighted by atomic mass is 10.1. The number of fused-ring (bicyclic) bond motifs is 1. The molecule has 2 N–H and O–H groups in total. The van der Waals surface area contributed by atoms with Gasteiger partial charge in [-0.3, -0.25) is 4.79 Å². The van der Waals surface area contributed by atoms with Crippen LogP contribution in [0.2, 0.25) is 0 Å². The highest BCUT2D eigenvalue weighted by Crippen LogP contribution is 2.31. The van der Waals surface area contributed by atoms with Crippen LogP contribution in [0.15, 0.2) is 18.2 Å². The predicted molar refractivity (Wildman–Crippen MR) is 60.7 cm³/mol. The topological polar surface area (TPSA) is 46.3 Å². The number of hydrogen-bond acceptors (Lipinski definition) is 2. The number of carbonyl (C=O) groups excluding carboxylic acids is 1. The summed E-state index contributed by atoms with van der Waals surface area (Å²) >= 11 is 0. The van der Waals surface area contributed by atoms with Gasteiger partial charge in [-0.05, 0) is 18.1 Å². The monoisotopic (exact) mass is 222 g/mol. The molecule has 16 heavy (non-hydrogen) atoms. The van der Waals surface area contributed by atoms with Crippen LogP contribution in [0, 0.1) is 11.7 Å². The van der Waals surface area contributed by atoms with Gasteiger partial charge in [0.1, 0.15) is 5.82 Å². The Balaban J connectivity index is 2.33. The molecule has 0 unspecified atom stereocenters. The molecule has 3 nitrogen and oxygen atoms in total. The number of amides is 1. The van der Waals surface area contributed by atoms with Crippen molar-refractivity contribution < 1.29 is 9.18 Å². The summed E-state index contributed by atoms with van der Waals surface area (Å²) in [6.45, 7) is 2.61. The molecule has 1 aliphatic rings. The lowest BCUT2D eigenvalue weighted by molar-refractivity contribution is -0.121. The standard InChI is InChI=1S/C12H15FN2O/c1-8(7-14)12(16)15-6-5-9-3-2-4-10(13)11(9)15/h2-4,8H,5-7,14H2,1H3/t8-/m1/s1. The van der Waals surface area contributed by atoms with E-state index in [1.54, 1.807) is 13.0 Å². The number of carbonyl (C=O) groups is 1. The SMILES string of the molecule is C[C@H](CN)C(=O)N1CCc2cccc(F)c21. The van der Waals surface area contributed by atoms with Gasteiger partial charge >= 0.3 is 0 Å². The summed E-state index contributed by atoms with van der Waals surface area (Å²) in [4.78, 5) is 13.5. The molecule has 0 aliphatic carbocycles. The van der Waals surface area contributed by atoms with Crippen LogP contribution in [0.5, 0.6) is 0 Å². The fourth-order valence-electron chi connectivity index (χ4n) is 2.00. The highest BCUT2D eigenvalue weighted by molar-refractivity contribution is 5.97. The van der Waals surface area contributed by atoms with Crippen LogP contribution < -0.4 is 10.6 Å². The van der Waals surface area contributed by atoms with Crippen LogP contribution in [0.3, 0.4) is 0 Å². The average molecular weight is 222 g/mol. The van der Waals surface area contributed by atoms with Gasteiger partial charge in [0, 0.05) is 19.0 Å². The Morgan fingerprint density at radius 2 is 2.38 bits per heavy atom. The highest BCUT2D eigenvalue weighted by Gasteiger charge is 2.29. The molecule has 0 fully saturated rings. The molecule has 2 rings (SSSR count). The molecule has 0 radical (unpaired) electrons. The van der Waals surface area contributed by atoms with E-state index in [1.165, 1.54) is 11.0 Å². The maximum atomic E-state index is 13.6. The zero-order valence-corrected chi connectivity index (χ0v) is 9.24. The van der Waals surface area contributed by atoms with Gasteiger partial charge in [0.05, 0.1) is 5.69 Å². The summed E-state index contributed by atoms with van der Waals surface area (Å²) in [6.07, 6.45) is 0.718. The molecule has 1 aromatic carbocycles. The third kappa shape index (κ3) is 1.69. The first-order chi connectivity index (χ1) is 7.65. The first-order valence-electron chi connectivity index (χ1n) is 5.44. The molecule has 0 saturated heterocycles. The Labute approximate surface area is 94.0 Å². The average Bonchev–Trinajstić information content (AvgIpc) is 2.72. The van der Waals surface area contributed by atoms with Gasteiger partial charge in [0.25, 0.3) is 0 Å². The summed E-state index contributed by atoms with van der Waals surface area (Å²) in [5.74, 6) is -0.676. The Morgan fingerprint density at radius 1 is 1.62 bits per heavy atom. The van der Waals surface area contributed by atoms with Gasteiger partial charge in [-0.15, -0.1) is 0 Å². The second-order valence-corrected chi connectivity index (χ2v) is 4.12. The summed E-state index contributed by atoms with van der Waals surface area (Å²) in [7, 11) is 0. The van der Waals surface area contributed by atoms with E-state index >= 15 is 0 Å². The number of nitrogens with zero attached hydrogens (tertiary/aromatic N) is 1. The minimum Gasteiger partial charge on any atom is -0.330 e. The lowest BCUT2D eigenvalue weighted by Gasteiger charge is -2.21. The van der Waals surface area contributed by atoms with Crippen molar-refractivity contribution >= 4 is 11.6 Å². The van der Waals surface area contributed by atoms with Crippen molar-refractivity contribution in [2.75, 3.05) is 18.0 Å². The molecule has 0 spiro atoms. The van der Waals surface area contributed by atoms with Crippen LogP contribution in [0.25, 0.3) is 0 Å². The summed E-state index contributed by atoms with van der Waals surface area (Å²) in [5.41, 5.74) is 6.80. The molecule has 1 heterocycles. The van der Waals surface area contributed by atoms with E-state index in [1.807, 2.05) is 6.07 Å². The van der Waals surface area contributed by atoms with Crippen LogP contribution >= 0.6 is 0 Å². The highest BCUT2D eigenvalue weighted by atomic mass is 19.1. The van der Waals surface area contributed by atoms with Crippen molar-refractivity contribution in [3.05, 3.63) is 29.6 Å². The predicted octanol–water partition coefficient (Wildman–Crippen LogP) is 1.31. The number of nitrogens with two attached hydrogens (primary N) is 1. The van der Waals surface area contributed by atoms with E-state index in [-0.39, 0.29) is 17.6 Å². The van der Waals surface area contributed by atoms with Crippen LogP contribution in [-0.2, 0) is 11.2 Å². The largest absolute Gasteiger partial charge is 0.330 e. The molecular formula is C12H15FN2O. The van der Waals surface area contributed by atoms with Crippen LogP contribution in [0.1, 0.15) is 12.5 Å². The molecule has 1 aromatic rings. The van der Waals surface area contributed by atoms with Gasteiger partial charge < -0.3 is 10.6 Å². The number of rotatable bonds is 2. The van der Waals surface area contributed by atoms with E-state index in [0.29, 0.717) is 18.8 Å². The molecule has 0 bridgehead atoms. The molecule has 0 aromatic heterocycles. The van der Waals surface area contributed by atoms with Crippen molar-refractivity contribution in [3.63, 3.8) is 0 Å². The van der Waals surface area contributed by atoms with Crippen molar-refractivity contribution in [1.82, 2.24) is 0 Å². The molecule has 86 valence electrons. The molecular weight excluding hydrogens is 207 g/mol. The van der Waals surface area contributed by atoms with Crippen molar-refractivity contribution in [2.45, 2.75) is 13.3 Å². The van der Waals surface area contributed by atoms with Crippen molar-refractivity contribution in [2.24, 2.45) is 11.7 Å². The van der Waals surface area contributed by atoms with E-state index in [4.69, 9.17) is 5.73 Å². The van der Waals surface area contributed by atoms with Gasteiger partial charge in [-0.25, -0.2) is 4.39 Å². The second kappa shape index (κ2) is 4.22. The lowest BCUT2D eigenvalue weighted by Crippen LogP contribution is -2.37. The zero-order chi connectivity index (χ0) is 11.7. The third-order valence-electron chi connectivity index (χ3n) is 2.99. The number of hydrogen-bond donors (Lipinski definition) is 1. The minimum absolute atomic E-state index is 0.0913. The minimum atomic E-state index is -0.326. The molecule has 1 aliphatic heterocycles. The first kappa shape index (κ1) is 11.1. The zero-order valence-electron chi connectivity index (χ0n) is 9.24. The molecule has 1 atom stereocenters. The maximum absolute atomic E-state index is 13.6. The number of halogens is 1. The summed E-state index contributed by atoms with van der Waals surface area (Å²) in [6, 6.07) is 4.92. The van der Waals surface area contributed by atoms with Crippen LogP contribution in [0.4, 0.5) is 10.1 Å². The molecule has 0 saturated carbocycles. The quantitative estimate of drug-likeness (QED) is 0.820. The van der Waals surface area contributed by atoms with E-state index in [0.717, 1.165) is 12.0 Å². The second-order valence-electron chi connectivity index (χ2n) is 4.12. The van der Waals surface area contributed by atoms with E-state index < -0.39 is 0 Å². The number of para-hydroxylation sites is 1. The maximum Gasteiger partial charge on any atom is 0.231 e. The summed E-state index contributed by atoms with van der Waals surface area (Å²) in [5, 5.41) is 0. The fourth-order valence-corrected chi connectivity index (χ4v) is 2.00. The van der Waals surface area contributed by atoms with Gasteiger partial charge in [-0.1, -0.05) is 19.1 Å². The number of benzene rings is 1. The van der Waals surface area contributed by atoms with Crippen molar-refractivity contribution in [3.8, 4) is 0 Å². The molecule has 1 amide bonds. The van der Waals surface area contributed by atoms with Crippen molar-refractivity contribution in [1.29, 1.82) is 0 Å². The van der Waals surface area contributed by atoms with Gasteiger partial charge in [-0.2, -0.15) is 0 Å². The fraction of sp³-hybridized carbons (Fsp3) is 0.417. The number of anilines is 1. The Kier molecular flexibility index (Phi) is 2.92. The third-order valence-corrected chi connectivity index (χ3v) is 2.99. The van der Waals surface area contributed by atoms with Gasteiger partial charge in [0.15, 0.2) is 0 Å². The van der Waals surface area contributed by atoms with Crippen LogP contribution in [-0.4, -0.2) is 19.0 Å². The summed E-state index contributed by atoms with van der Waals surface area (Å²) < 4.78 is 13.6. The first-order valence-corrected chi connectivity index (χ1v) is 5.44. The van der Waals surface area contributed by atoms with E-state index in [2.05, 4.69) is 0 Å². The normalized spacial score (nSPS) is 16.1.